The molecule has 0 bridgehead atoms. The van der Waals surface area contributed by atoms with E-state index in [1.54, 1.807) is 0 Å². The number of carbonyl (C=O) groups is 3. The number of hydrazone groups is 1. The van der Waals surface area contributed by atoms with Gasteiger partial charge in [-0.1, -0.05) is 18.2 Å². The molecular weight excluding hydrogens is 317 g/mol. The van der Waals surface area contributed by atoms with Gasteiger partial charge < -0.3 is 16.3 Å². The number of anilines is 1. The van der Waals surface area contributed by atoms with Crippen LogP contribution in [0.3, 0.4) is 0 Å². The second-order valence-corrected chi connectivity index (χ2v) is 4.62. The molecule has 8 heteroatoms. The molecule has 24 heavy (non-hydrogen) atoms. The second kappa shape index (κ2) is 7.14. The number of rotatable bonds is 5. The number of hydrogen-bond donors (Lipinski definition) is 3. The van der Waals surface area contributed by atoms with Gasteiger partial charge in [0.1, 0.15) is 11.5 Å². The van der Waals surface area contributed by atoms with Crippen LogP contribution in [0.25, 0.3) is 0 Å². The number of nitrogens with zero attached hydrogens (tertiary/aromatic N) is 1. The van der Waals surface area contributed by atoms with Gasteiger partial charge in [0.25, 0.3) is 11.7 Å². The number of carbonyl (C=O) groups excluding carboxylic acids is 2. The van der Waals surface area contributed by atoms with E-state index in [9.17, 15) is 18.8 Å². The minimum Gasteiger partial charge on any atom is -0.478 e. The first-order valence-electron chi connectivity index (χ1n) is 6.66. The maximum Gasteiger partial charge on any atom is 0.336 e. The Bertz CT molecular complexity index is 831. The average molecular weight is 329 g/mol. The standard InChI is InChI=1S/C16H12FN3O4/c17-9-5-7-10(8-6-9)19-15(22)14(21)13(20-18)11-3-1-2-4-12(11)16(23)24/h1-8H,18H2,(H,19,22)(H,23,24). The summed E-state index contributed by atoms with van der Waals surface area (Å²) in [6.07, 6.45) is 0. The van der Waals surface area contributed by atoms with Crippen LogP contribution in [0.4, 0.5) is 10.1 Å². The molecule has 0 aliphatic carbocycles. The molecule has 0 saturated carbocycles. The van der Waals surface area contributed by atoms with Crippen molar-refractivity contribution in [1.82, 2.24) is 0 Å². The largest absolute Gasteiger partial charge is 0.478 e. The maximum atomic E-state index is 12.8. The van der Waals surface area contributed by atoms with E-state index in [1.165, 1.54) is 36.4 Å². The minimum absolute atomic E-state index is 0.0771. The van der Waals surface area contributed by atoms with Gasteiger partial charge >= 0.3 is 5.97 Å². The first-order valence-corrected chi connectivity index (χ1v) is 6.66. The number of benzene rings is 2. The topological polar surface area (TPSA) is 122 Å². The molecule has 0 radical (unpaired) electrons. The van der Waals surface area contributed by atoms with Crippen LogP contribution < -0.4 is 11.2 Å². The number of amides is 1. The van der Waals surface area contributed by atoms with Gasteiger partial charge in [-0.25, -0.2) is 9.18 Å². The summed E-state index contributed by atoms with van der Waals surface area (Å²) in [6.45, 7) is 0. The van der Waals surface area contributed by atoms with Crippen molar-refractivity contribution in [3.8, 4) is 0 Å². The average Bonchev–Trinajstić information content (AvgIpc) is 2.57. The number of Topliss-reactive ketones (excluding diaryl/α,β-unsaturated/α-hetero) is 1. The molecule has 7 nitrogen and oxygen atoms in total. The molecule has 0 unspecified atom stereocenters. The number of ketones is 1. The predicted molar refractivity (Wildman–Crippen MR) is 84.2 cm³/mol. The Morgan fingerprint density at radius 2 is 1.58 bits per heavy atom. The Morgan fingerprint density at radius 1 is 1.00 bits per heavy atom. The third-order valence-electron chi connectivity index (χ3n) is 3.07. The quantitative estimate of drug-likeness (QED) is 0.331. The summed E-state index contributed by atoms with van der Waals surface area (Å²) in [7, 11) is 0. The molecule has 2 aromatic carbocycles. The van der Waals surface area contributed by atoms with E-state index in [-0.39, 0.29) is 16.8 Å². The highest BCUT2D eigenvalue weighted by Crippen LogP contribution is 2.12. The van der Waals surface area contributed by atoms with Crippen LogP contribution in [0.1, 0.15) is 15.9 Å². The second-order valence-electron chi connectivity index (χ2n) is 4.62. The van der Waals surface area contributed by atoms with Crippen LogP contribution in [0.5, 0.6) is 0 Å². The molecule has 0 aliphatic rings. The molecule has 122 valence electrons. The summed E-state index contributed by atoms with van der Waals surface area (Å²) in [5.74, 6) is 1.18. The van der Waals surface area contributed by atoms with Gasteiger partial charge in [0, 0.05) is 11.3 Å². The monoisotopic (exact) mass is 329 g/mol. The Balaban J connectivity index is 2.28. The number of carboxylic acid groups (broad SMARTS) is 1. The zero-order valence-corrected chi connectivity index (χ0v) is 12.2. The van der Waals surface area contributed by atoms with Crippen molar-refractivity contribution in [2.75, 3.05) is 5.32 Å². The van der Waals surface area contributed by atoms with E-state index in [2.05, 4.69) is 10.4 Å². The highest BCUT2D eigenvalue weighted by atomic mass is 19.1. The van der Waals surface area contributed by atoms with E-state index in [0.717, 1.165) is 12.1 Å². The number of aromatic carboxylic acids is 1. The van der Waals surface area contributed by atoms with Crippen LogP contribution >= 0.6 is 0 Å². The molecule has 0 atom stereocenters. The minimum atomic E-state index is -1.29. The molecule has 0 aliphatic heterocycles. The molecule has 0 spiro atoms. The van der Waals surface area contributed by atoms with Crippen LogP contribution in [-0.4, -0.2) is 28.5 Å². The number of nitrogens with one attached hydrogen (secondary N) is 1. The zero-order valence-electron chi connectivity index (χ0n) is 12.2. The number of carboxylic acids is 1. The van der Waals surface area contributed by atoms with Crippen molar-refractivity contribution in [2.24, 2.45) is 10.9 Å². The molecule has 1 amide bonds. The van der Waals surface area contributed by atoms with E-state index >= 15 is 0 Å². The van der Waals surface area contributed by atoms with Crippen molar-refractivity contribution in [1.29, 1.82) is 0 Å². The summed E-state index contributed by atoms with van der Waals surface area (Å²) in [5.41, 5.74) is -0.596. The fourth-order valence-electron chi connectivity index (χ4n) is 1.96. The van der Waals surface area contributed by atoms with Crippen molar-refractivity contribution in [3.05, 3.63) is 65.5 Å². The molecule has 4 N–H and O–H groups in total. The Labute approximate surface area is 135 Å². The highest BCUT2D eigenvalue weighted by molar-refractivity contribution is 6.70. The lowest BCUT2D eigenvalue weighted by molar-refractivity contribution is -0.130. The first-order chi connectivity index (χ1) is 11.4. The van der Waals surface area contributed by atoms with Gasteiger partial charge in [-0.05, 0) is 30.3 Å². The smallest absolute Gasteiger partial charge is 0.336 e. The van der Waals surface area contributed by atoms with E-state index < -0.39 is 29.2 Å². The Kier molecular flexibility index (Phi) is 5.00. The van der Waals surface area contributed by atoms with Crippen LogP contribution in [0.15, 0.2) is 53.6 Å². The molecule has 0 heterocycles. The fraction of sp³-hybridized carbons (Fsp3) is 0. The lowest BCUT2D eigenvalue weighted by Crippen LogP contribution is -2.32. The molecule has 0 fully saturated rings. The van der Waals surface area contributed by atoms with Gasteiger partial charge in [0.15, 0.2) is 0 Å². The number of nitrogens with two attached hydrogens (primary N) is 1. The van der Waals surface area contributed by atoms with Crippen molar-refractivity contribution >= 4 is 29.1 Å². The summed E-state index contributed by atoms with van der Waals surface area (Å²) in [6, 6.07) is 10.3. The summed E-state index contributed by atoms with van der Waals surface area (Å²) < 4.78 is 12.8. The molecule has 2 rings (SSSR count). The van der Waals surface area contributed by atoms with E-state index in [4.69, 9.17) is 10.9 Å². The normalized spacial score (nSPS) is 11.0. The van der Waals surface area contributed by atoms with E-state index in [0.29, 0.717) is 0 Å². The Morgan fingerprint density at radius 3 is 2.12 bits per heavy atom. The molecule has 0 aromatic heterocycles. The summed E-state index contributed by atoms with van der Waals surface area (Å²) >= 11 is 0. The third kappa shape index (κ3) is 3.61. The highest BCUT2D eigenvalue weighted by Gasteiger charge is 2.26. The number of hydrogen-bond acceptors (Lipinski definition) is 5. The van der Waals surface area contributed by atoms with Crippen LogP contribution in [0.2, 0.25) is 0 Å². The maximum absolute atomic E-state index is 12.8. The lowest BCUT2D eigenvalue weighted by atomic mass is 10.00. The summed E-state index contributed by atoms with van der Waals surface area (Å²) in [5, 5.41) is 14.7. The van der Waals surface area contributed by atoms with Crippen LogP contribution in [0, 0.1) is 5.82 Å². The van der Waals surface area contributed by atoms with Crippen LogP contribution in [-0.2, 0) is 9.59 Å². The third-order valence-corrected chi connectivity index (χ3v) is 3.07. The fourth-order valence-corrected chi connectivity index (χ4v) is 1.96. The van der Waals surface area contributed by atoms with Gasteiger partial charge in [-0.15, -0.1) is 0 Å². The SMILES string of the molecule is NN=C(C(=O)C(=O)Nc1ccc(F)cc1)c1ccccc1C(=O)O. The van der Waals surface area contributed by atoms with Crippen molar-refractivity contribution < 1.29 is 23.9 Å². The molecule has 2 aromatic rings. The van der Waals surface area contributed by atoms with Gasteiger partial charge in [-0.3, -0.25) is 9.59 Å². The van der Waals surface area contributed by atoms with Gasteiger partial charge in [-0.2, -0.15) is 5.10 Å². The summed E-state index contributed by atoms with van der Waals surface area (Å²) in [4.78, 5) is 35.5. The van der Waals surface area contributed by atoms with Crippen molar-refractivity contribution in [2.45, 2.75) is 0 Å². The van der Waals surface area contributed by atoms with E-state index in [1.807, 2.05) is 0 Å². The number of halogens is 1. The predicted octanol–water partition coefficient (Wildman–Crippen LogP) is 1.39. The molecule has 0 saturated heterocycles. The van der Waals surface area contributed by atoms with Gasteiger partial charge in [0.05, 0.1) is 5.56 Å². The van der Waals surface area contributed by atoms with Crippen molar-refractivity contribution in [3.63, 3.8) is 0 Å². The first kappa shape index (κ1) is 16.8. The zero-order chi connectivity index (χ0) is 17.7. The van der Waals surface area contributed by atoms with Gasteiger partial charge in [0.2, 0.25) is 0 Å². The lowest BCUT2D eigenvalue weighted by Gasteiger charge is -2.08. The Hall–Kier alpha value is -3.55. The molecular formula is C16H12FN3O4.